The lowest BCUT2D eigenvalue weighted by atomic mass is 10.3. The first-order valence-electron chi connectivity index (χ1n) is 3.30. The molecule has 0 N–H and O–H groups in total. The van der Waals surface area contributed by atoms with Crippen LogP contribution in [0, 0.1) is 16.6 Å². The Morgan fingerprint density at radius 3 is 2.21 bits per heavy atom. The zero-order valence-electron chi connectivity index (χ0n) is 7.12. The minimum Gasteiger partial charge on any atom is -0.497 e. The lowest BCUT2D eigenvalue weighted by Crippen LogP contribution is -1.99. The highest BCUT2D eigenvalue weighted by Gasteiger charge is 2.10. The van der Waals surface area contributed by atoms with E-state index in [9.17, 15) is 13.4 Å². The monoisotopic (exact) mass is 205 g/mol. The van der Waals surface area contributed by atoms with Gasteiger partial charge >= 0.3 is 0 Å². The highest BCUT2D eigenvalue weighted by Crippen LogP contribution is 2.24. The maximum Gasteiger partial charge on any atom is 0.155 e. The van der Waals surface area contributed by atoms with Crippen LogP contribution in [0.1, 0.15) is 0 Å². The molecule has 0 aromatic heterocycles. The van der Waals surface area contributed by atoms with Gasteiger partial charge in [-0.1, -0.05) is 8.96 Å². The second-order valence-electron chi connectivity index (χ2n) is 2.05. The van der Waals surface area contributed by atoms with Gasteiger partial charge in [-0.05, 0) is 17.5 Å². The van der Waals surface area contributed by atoms with Crippen molar-refractivity contribution in [2.45, 2.75) is 0 Å². The van der Waals surface area contributed by atoms with Crippen molar-refractivity contribution < 1.29 is 18.1 Å². The number of hydrogen-bond acceptors (Lipinski definition) is 4. The van der Waals surface area contributed by atoms with Crippen molar-refractivity contribution in [1.82, 2.24) is 0 Å². The second kappa shape index (κ2) is 5.64. The normalized spacial score (nSPS) is 8.43. The molecular formula is C7H6F3N3O. The molecule has 0 aliphatic heterocycles. The number of ether oxygens (including phenoxy) is 1. The van der Waals surface area contributed by atoms with E-state index in [0.717, 1.165) is 12.1 Å². The summed E-state index contributed by atoms with van der Waals surface area (Å²) < 4.78 is 40.9. The summed E-state index contributed by atoms with van der Waals surface area (Å²) in [5.74, 6) is -0.808. The number of nitrogens with zero attached hydrogens (tertiary/aromatic N) is 3. The molecule has 0 aliphatic carbocycles. The van der Waals surface area contributed by atoms with Gasteiger partial charge in [0.15, 0.2) is 5.82 Å². The SMILES string of the molecule is COc1ccc(N(F)F)c(F)c1.N#N. The van der Waals surface area contributed by atoms with Gasteiger partial charge in [-0.3, -0.25) is 0 Å². The molecule has 14 heavy (non-hydrogen) atoms. The van der Waals surface area contributed by atoms with Gasteiger partial charge < -0.3 is 4.74 Å². The van der Waals surface area contributed by atoms with Crippen LogP contribution in [0.15, 0.2) is 18.2 Å². The fraction of sp³-hybridized carbons (Fsp3) is 0.143. The molecule has 0 aliphatic rings. The van der Waals surface area contributed by atoms with Crippen LogP contribution in [0.2, 0.25) is 0 Å². The number of halogens is 3. The number of benzene rings is 1. The van der Waals surface area contributed by atoms with E-state index < -0.39 is 16.8 Å². The van der Waals surface area contributed by atoms with Crippen molar-refractivity contribution in [2.75, 3.05) is 12.5 Å². The maximum absolute atomic E-state index is 12.7. The molecule has 76 valence electrons. The molecule has 0 atom stereocenters. The van der Waals surface area contributed by atoms with Crippen LogP contribution in [0.3, 0.4) is 0 Å². The molecule has 0 fully saturated rings. The van der Waals surface area contributed by atoms with Crippen molar-refractivity contribution >= 4 is 5.69 Å². The van der Waals surface area contributed by atoms with Crippen molar-refractivity contribution in [2.24, 2.45) is 0 Å². The summed E-state index contributed by atoms with van der Waals surface area (Å²) in [5.41, 5.74) is -0.768. The summed E-state index contributed by atoms with van der Waals surface area (Å²) in [6, 6.07) is 3.08. The Balaban J connectivity index is 0.000000791. The molecule has 0 radical (unpaired) electrons. The fourth-order valence-corrected chi connectivity index (χ4v) is 0.752. The molecule has 1 aromatic carbocycles. The Hall–Kier alpha value is -1.97. The first kappa shape index (κ1) is 12.0. The lowest BCUT2D eigenvalue weighted by molar-refractivity contribution is 0.230. The molecule has 0 saturated heterocycles. The number of anilines is 1. The predicted octanol–water partition coefficient (Wildman–Crippen LogP) is 2.44. The van der Waals surface area contributed by atoms with E-state index in [0.29, 0.717) is 0 Å². The maximum atomic E-state index is 12.7. The van der Waals surface area contributed by atoms with E-state index in [-0.39, 0.29) is 5.75 Å². The van der Waals surface area contributed by atoms with Crippen molar-refractivity contribution in [3.8, 4) is 5.75 Å². The van der Waals surface area contributed by atoms with Gasteiger partial charge in [-0.15, -0.1) is 0 Å². The van der Waals surface area contributed by atoms with Crippen LogP contribution >= 0.6 is 0 Å². The van der Waals surface area contributed by atoms with Crippen LogP contribution in [0.25, 0.3) is 0 Å². The van der Waals surface area contributed by atoms with E-state index in [4.69, 9.17) is 10.8 Å². The molecule has 1 rings (SSSR count). The van der Waals surface area contributed by atoms with Gasteiger partial charge in [0.05, 0.1) is 7.11 Å². The van der Waals surface area contributed by atoms with E-state index in [1.54, 1.807) is 0 Å². The topological polar surface area (TPSA) is 60.0 Å². The summed E-state index contributed by atoms with van der Waals surface area (Å²) in [6.07, 6.45) is 0. The standard InChI is InChI=1S/C7H6F3NO.N2/c1-12-5-2-3-7(11(9)10)6(8)4-5;1-2/h2-4H,1H3;. The van der Waals surface area contributed by atoms with Gasteiger partial charge in [-0.25, -0.2) is 4.39 Å². The van der Waals surface area contributed by atoms with Crippen LogP contribution < -0.4 is 10.1 Å². The average Bonchev–Trinajstić information content (AvgIpc) is 2.20. The molecular weight excluding hydrogens is 199 g/mol. The molecule has 0 amide bonds. The minimum atomic E-state index is -1.28. The third-order valence-electron chi connectivity index (χ3n) is 1.34. The Kier molecular flexibility index (Phi) is 4.84. The third-order valence-corrected chi connectivity index (χ3v) is 1.34. The Morgan fingerprint density at radius 2 is 1.86 bits per heavy atom. The van der Waals surface area contributed by atoms with Gasteiger partial charge in [0.25, 0.3) is 0 Å². The van der Waals surface area contributed by atoms with Crippen molar-refractivity contribution in [3.63, 3.8) is 0 Å². The van der Waals surface area contributed by atoms with Gasteiger partial charge in [-0.2, -0.15) is 0 Å². The summed E-state index contributed by atoms with van der Waals surface area (Å²) in [7, 11) is 1.33. The quantitative estimate of drug-likeness (QED) is 0.549. The summed E-state index contributed by atoms with van der Waals surface area (Å²) in [5, 5.41) is 10.7. The predicted molar refractivity (Wildman–Crippen MR) is 41.1 cm³/mol. The molecule has 0 unspecified atom stereocenters. The highest BCUT2D eigenvalue weighted by molar-refractivity contribution is 5.46. The summed E-state index contributed by atoms with van der Waals surface area (Å²) >= 11 is 0. The number of methoxy groups -OCH3 is 1. The molecule has 7 heteroatoms. The molecule has 0 spiro atoms. The lowest BCUT2D eigenvalue weighted by Gasteiger charge is -2.04. The van der Waals surface area contributed by atoms with Gasteiger partial charge in [0.1, 0.15) is 11.4 Å². The largest absolute Gasteiger partial charge is 0.497 e. The number of hydrogen-bond donors (Lipinski definition) is 0. The Bertz CT molecular complexity index is 316. The Morgan fingerprint density at radius 1 is 1.29 bits per heavy atom. The highest BCUT2D eigenvalue weighted by atomic mass is 19.4. The first-order chi connectivity index (χ1) is 6.65. The molecule has 0 heterocycles. The van der Waals surface area contributed by atoms with Crippen molar-refractivity contribution in [3.05, 3.63) is 24.0 Å². The zero-order chi connectivity index (χ0) is 11.1. The zero-order valence-corrected chi connectivity index (χ0v) is 7.12. The van der Waals surface area contributed by atoms with E-state index in [2.05, 4.69) is 4.74 Å². The Labute approximate surface area is 77.8 Å². The summed E-state index contributed by atoms with van der Waals surface area (Å²) in [6.45, 7) is 0. The van der Waals surface area contributed by atoms with Crippen molar-refractivity contribution in [1.29, 1.82) is 10.8 Å². The van der Waals surface area contributed by atoms with E-state index >= 15 is 0 Å². The van der Waals surface area contributed by atoms with E-state index in [1.165, 1.54) is 13.2 Å². The molecule has 4 nitrogen and oxygen atoms in total. The smallest absolute Gasteiger partial charge is 0.155 e. The summed E-state index contributed by atoms with van der Waals surface area (Å²) in [4.78, 5) is 0. The van der Waals surface area contributed by atoms with Crippen LogP contribution in [0.5, 0.6) is 5.75 Å². The number of rotatable bonds is 2. The first-order valence-corrected chi connectivity index (χ1v) is 3.30. The molecule has 0 bridgehead atoms. The van der Waals surface area contributed by atoms with Crippen LogP contribution in [-0.4, -0.2) is 7.11 Å². The second-order valence-corrected chi connectivity index (χ2v) is 2.05. The third kappa shape index (κ3) is 2.82. The van der Waals surface area contributed by atoms with Gasteiger partial charge in [0, 0.05) is 16.9 Å². The minimum absolute atomic E-state index is 0.207. The molecule has 1 aromatic rings. The van der Waals surface area contributed by atoms with Crippen LogP contribution in [-0.2, 0) is 0 Å². The fourth-order valence-electron chi connectivity index (χ4n) is 0.752. The van der Waals surface area contributed by atoms with E-state index in [1.807, 2.05) is 0 Å². The average molecular weight is 205 g/mol. The molecule has 0 saturated carbocycles. The van der Waals surface area contributed by atoms with Gasteiger partial charge in [0.2, 0.25) is 0 Å². The van der Waals surface area contributed by atoms with Crippen LogP contribution in [0.4, 0.5) is 19.0 Å².